The Kier molecular flexibility index (Phi) is 8.02. The van der Waals surface area contributed by atoms with Gasteiger partial charge in [0, 0.05) is 57.4 Å². The molecule has 1 aliphatic carbocycles. The molecule has 1 atom stereocenters. The van der Waals surface area contributed by atoms with Crippen molar-refractivity contribution in [3.63, 3.8) is 0 Å². The number of hydrogen-bond acceptors (Lipinski definition) is 6. The summed E-state index contributed by atoms with van der Waals surface area (Å²) >= 11 is 0. The van der Waals surface area contributed by atoms with Crippen LogP contribution < -0.4 is 10.1 Å². The molecule has 0 unspecified atom stereocenters. The lowest BCUT2D eigenvalue weighted by molar-refractivity contribution is -0.127. The van der Waals surface area contributed by atoms with Crippen molar-refractivity contribution < 1.29 is 23.5 Å². The Balaban J connectivity index is 1.11. The lowest BCUT2D eigenvalue weighted by Gasteiger charge is -2.40. The van der Waals surface area contributed by atoms with Gasteiger partial charge in [-0.05, 0) is 42.2 Å². The summed E-state index contributed by atoms with van der Waals surface area (Å²) in [6.45, 7) is 5.29. The number of amides is 3. The van der Waals surface area contributed by atoms with Crippen LogP contribution in [0.15, 0.2) is 36.4 Å². The van der Waals surface area contributed by atoms with E-state index in [1.54, 1.807) is 6.07 Å². The minimum absolute atomic E-state index is 0.0163. The third-order valence-corrected chi connectivity index (χ3v) is 9.19. The SMILES string of the molecule is COc1ccc2c(c1F)C(=O)N(C[C@]1(C#Cc3ccc(CN4CCN(C5CCCCC5)CC4)cc3)CC(=O)NC1=O)C2. The van der Waals surface area contributed by atoms with E-state index in [1.165, 1.54) is 55.7 Å². The molecule has 3 aliphatic heterocycles. The molecular weight excluding hydrogens is 535 g/mol. The van der Waals surface area contributed by atoms with Gasteiger partial charge >= 0.3 is 0 Å². The van der Waals surface area contributed by atoms with Crippen LogP contribution in [0.25, 0.3) is 0 Å². The Morgan fingerprint density at radius 3 is 2.40 bits per heavy atom. The summed E-state index contributed by atoms with van der Waals surface area (Å²) in [6, 6.07) is 11.9. The average molecular weight is 573 g/mol. The number of methoxy groups -OCH3 is 1. The van der Waals surface area contributed by atoms with Gasteiger partial charge in [-0.2, -0.15) is 0 Å². The predicted molar refractivity (Wildman–Crippen MR) is 155 cm³/mol. The van der Waals surface area contributed by atoms with Crippen molar-refractivity contribution in [3.8, 4) is 17.6 Å². The molecule has 2 aromatic rings. The van der Waals surface area contributed by atoms with Gasteiger partial charge in [-0.15, -0.1) is 0 Å². The maximum Gasteiger partial charge on any atom is 0.257 e. The fourth-order valence-electron chi connectivity index (χ4n) is 6.80. The summed E-state index contributed by atoms with van der Waals surface area (Å²) in [5, 5.41) is 2.34. The molecule has 8 nitrogen and oxygen atoms in total. The number of piperazine rings is 1. The molecule has 2 saturated heterocycles. The third-order valence-electron chi connectivity index (χ3n) is 9.19. The van der Waals surface area contributed by atoms with E-state index < -0.39 is 29.0 Å². The van der Waals surface area contributed by atoms with Gasteiger partial charge in [-0.3, -0.25) is 29.5 Å². The van der Waals surface area contributed by atoms with Gasteiger partial charge in [0.2, 0.25) is 11.8 Å². The van der Waals surface area contributed by atoms with Gasteiger partial charge in [0.1, 0.15) is 5.41 Å². The molecule has 9 heteroatoms. The van der Waals surface area contributed by atoms with Crippen LogP contribution in [-0.2, 0) is 22.7 Å². The van der Waals surface area contributed by atoms with Crippen molar-refractivity contribution in [2.24, 2.45) is 5.41 Å². The van der Waals surface area contributed by atoms with E-state index in [9.17, 15) is 18.8 Å². The number of ether oxygens (including phenoxy) is 1. The minimum atomic E-state index is -1.41. The first-order valence-corrected chi connectivity index (χ1v) is 14.9. The smallest absolute Gasteiger partial charge is 0.257 e. The summed E-state index contributed by atoms with van der Waals surface area (Å²) in [6.07, 6.45) is 6.64. The molecule has 0 radical (unpaired) electrons. The molecule has 0 spiro atoms. The van der Waals surface area contributed by atoms with E-state index in [-0.39, 0.29) is 30.8 Å². The van der Waals surface area contributed by atoms with E-state index in [0.29, 0.717) is 5.56 Å². The van der Waals surface area contributed by atoms with Gasteiger partial charge in [0.25, 0.3) is 5.91 Å². The number of nitrogens with zero attached hydrogens (tertiary/aromatic N) is 3. The monoisotopic (exact) mass is 572 g/mol. The molecule has 3 fully saturated rings. The maximum absolute atomic E-state index is 14.9. The number of halogens is 1. The van der Waals surface area contributed by atoms with Crippen LogP contribution >= 0.6 is 0 Å². The van der Waals surface area contributed by atoms with E-state index in [2.05, 4.69) is 39.1 Å². The van der Waals surface area contributed by atoms with Crippen molar-refractivity contribution >= 4 is 17.7 Å². The second-order valence-electron chi connectivity index (χ2n) is 12.0. The maximum atomic E-state index is 14.9. The van der Waals surface area contributed by atoms with Gasteiger partial charge in [-0.1, -0.05) is 49.3 Å². The Morgan fingerprint density at radius 2 is 1.74 bits per heavy atom. The lowest BCUT2D eigenvalue weighted by Crippen LogP contribution is -2.50. The number of fused-ring (bicyclic) bond motifs is 1. The molecule has 42 heavy (non-hydrogen) atoms. The second-order valence-corrected chi connectivity index (χ2v) is 12.0. The summed E-state index contributed by atoms with van der Waals surface area (Å²) in [5.41, 5.74) is 0.962. The topological polar surface area (TPSA) is 82.2 Å². The quantitative estimate of drug-likeness (QED) is 0.423. The fourth-order valence-corrected chi connectivity index (χ4v) is 6.80. The molecular formula is C33H37FN4O4. The Labute approximate surface area is 246 Å². The number of nitrogens with one attached hydrogen (secondary N) is 1. The standard InChI is InChI=1S/C33H37FN4O4/c1-42-27-12-11-25-21-38(31(40)29(25)30(27)34)22-33(19-28(39)35-32(33)41)14-13-23-7-9-24(10-8-23)20-36-15-17-37(18-16-36)26-5-3-2-4-6-26/h7-12,26H,2-6,15-22H2,1H3,(H,35,39,41)/t33-/m0/s1. The summed E-state index contributed by atoms with van der Waals surface area (Å²) < 4.78 is 19.9. The van der Waals surface area contributed by atoms with E-state index in [0.717, 1.165) is 44.3 Å². The molecule has 0 bridgehead atoms. The lowest BCUT2D eigenvalue weighted by atomic mass is 9.85. The van der Waals surface area contributed by atoms with Gasteiger partial charge in [0.05, 0.1) is 19.1 Å². The molecule has 220 valence electrons. The third kappa shape index (κ3) is 5.66. The van der Waals surface area contributed by atoms with Crippen LogP contribution in [-0.4, -0.2) is 78.3 Å². The highest BCUT2D eigenvalue weighted by Crippen LogP contribution is 2.35. The first-order chi connectivity index (χ1) is 20.3. The van der Waals surface area contributed by atoms with E-state index in [1.807, 2.05) is 12.1 Å². The first kappa shape index (κ1) is 28.4. The zero-order chi connectivity index (χ0) is 29.3. The largest absolute Gasteiger partial charge is 0.494 e. The molecule has 4 aliphatic rings. The van der Waals surface area contributed by atoms with Crippen molar-refractivity contribution in [1.82, 2.24) is 20.0 Å². The second kappa shape index (κ2) is 11.9. The molecule has 1 saturated carbocycles. The van der Waals surface area contributed by atoms with Crippen molar-refractivity contribution in [3.05, 3.63) is 64.5 Å². The molecule has 0 aromatic heterocycles. The van der Waals surface area contributed by atoms with Crippen LogP contribution in [0.2, 0.25) is 0 Å². The number of imide groups is 1. The summed E-state index contributed by atoms with van der Waals surface area (Å²) in [7, 11) is 1.34. The van der Waals surface area contributed by atoms with Gasteiger partial charge in [-0.25, -0.2) is 4.39 Å². The number of hydrogen-bond donors (Lipinski definition) is 1. The Hall–Kier alpha value is -3.74. The molecule has 2 aromatic carbocycles. The van der Waals surface area contributed by atoms with E-state index in [4.69, 9.17) is 4.74 Å². The van der Waals surface area contributed by atoms with Crippen molar-refractivity contribution in [2.75, 3.05) is 39.8 Å². The van der Waals surface area contributed by atoms with Crippen LogP contribution in [0.5, 0.6) is 5.75 Å². The van der Waals surface area contributed by atoms with Crippen LogP contribution in [0, 0.1) is 23.1 Å². The number of rotatable bonds is 6. The van der Waals surface area contributed by atoms with Crippen molar-refractivity contribution in [1.29, 1.82) is 0 Å². The van der Waals surface area contributed by atoms with Gasteiger partial charge in [0.15, 0.2) is 11.6 Å². The zero-order valence-electron chi connectivity index (χ0n) is 24.1. The molecule has 1 N–H and O–H groups in total. The molecule has 3 amide bonds. The molecule has 6 rings (SSSR count). The number of carbonyl (C=O) groups excluding carboxylic acids is 3. The first-order valence-electron chi connectivity index (χ1n) is 14.9. The molecule has 3 heterocycles. The highest BCUT2D eigenvalue weighted by atomic mass is 19.1. The zero-order valence-corrected chi connectivity index (χ0v) is 24.1. The summed E-state index contributed by atoms with van der Waals surface area (Å²) in [4.78, 5) is 44.9. The predicted octanol–water partition coefficient (Wildman–Crippen LogP) is 3.33. The minimum Gasteiger partial charge on any atom is -0.494 e. The number of benzene rings is 2. The highest BCUT2D eigenvalue weighted by Gasteiger charge is 2.49. The summed E-state index contributed by atoms with van der Waals surface area (Å²) in [5.74, 6) is 3.85. The van der Waals surface area contributed by atoms with Gasteiger partial charge < -0.3 is 9.64 Å². The van der Waals surface area contributed by atoms with E-state index >= 15 is 0 Å². The number of carbonyl (C=O) groups is 3. The highest BCUT2D eigenvalue weighted by molar-refractivity contribution is 6.08. The normalized spacial score (nSPS) is 23.5. The average Bonchev–Trinajstić information content (AvgIpc) is 3.47. The van der Waals surface area contributed by atoms with Crippen LogP contribution in [0.1, 0.15) is 65.6 Å². The van der Waals surface area contributed by atoms with Crippen LogP contribution in [0.4, 0.5) is 4.39 Å². The Bertz CT molecular complexity index is 1430. The fraction of sp³-hybridized carbons (Fsp3) is 0.485. The Morgan fingerprint density at radius 1 is 1.00 bits per heavy atom. The van der Waals surface area contributed by atoms with Crippen LogP contribution in [0.3, 0.4) is 0 Å². The van der Waals surface area contributed by atoms with Crippen molar-refractivity contribution in [2.45, 2.75) is 57.7 Å².